The summed E-state index contributed by atoms with van der Waals surface area (Å²) < 4.78 is 42.3. The van der Waals surface area contributed by atoms with Gasteiger partial charge in [0.05, 0.1) is 12.2 Å². The van der Waals surface area contributed by atoms with Crippen LogP contribution in [-0.2, 0) is 22.8 Å². The molecule has 8 nitrogen and oxygen atoms in total. The monoisotopic (exact) mass is 443 g/mol. The second kappa shape index (κ2) is 8.46. The number of rotatable bonds is 6. The van der Waals surface area contributed by atoms with Gasteiger partial charge in [0.25, 0.3) is 0 Å². The molecule has 2 aromatic heterocycles. The SMILES string of the molecule is CC(F)Oc1ccc(Nc2ncnc3c2CCN(c2ncccc2S(C)(=O)=O)C3)cc1. The normalized spacial score (nSPS) is 14.6. The number of anilines is 3. The first-order valence-corrected chi connectivity index (χ1v) is 11.6. The molecule has 1 aromatic carbocycles. The van der Waals surface area contributed by atoms with E-state index in [0.717, 1.165) is 16.9 Å². The second-order valence-electron chi connectivity index (χ2n) is 7.23. The summed E-state index contributed by atoms with van der Waals surface area (Å²) in [5, 5.41) is 3.27. The summed E-state index contributed by atoms with van der Waals surface area (Å²) in [7, 11) is -3.40. The van der Waals surface area contributed by atoms with Crippen LogP contribution in [0.15, 0.2) is 53.8 Å². The van der Waals surface area contributed by atoms with E-state index in [2.05, 4.69) is 20.3 Å². The molecule has 162 valence electrons. The van der Waals surface area contributed by atoms with Gasteiger partial charge in [-0.2, -0.15) is 0 Å². The van der Waals surface area contributed by atoms with Crippen molar-refractivity contribution in [3.63, 3.8) is 0 Å². The number of nitrogens with zero attached hydrogens (tertiary/aromatic N) is 4. The van der Waals surface area contributed by atoms with Crippen LogP contribution >= 0.6 is 0 Å². The van der Waals surface area contributed by atoms with Gasteiger partial charge in [0.2, 0.25) is 6.36 Å². The zero-order chi connectivity index (χ0) is 22.0. The van der Waals surface area contributed by atoms with Gasteiger partial charge < -0.3 is 15.0 Å². The number of benzene rings is 1. The lowest BCUT2D eigenvalue weighted by molar-refractivity contribution is 0.0861. The topological polar surface area (TPSA) is 97.3 Å². The van der Waals surface area contributed by atoms with Crippen molar-refractivity contribution in [1.29, 1.82) is 0 Å². The average molecular weight is 444 g/mol. The Morgan fingerprint density at radius 2 is 1.94 bits per heavy atom. The van der Waals surface area contributed by atoms with Crippen LogP contribution in [0, 0.1) is 0 Å². The van der Waals surface area contributed by atoms with Crippen molar-refractivity contribution in [2.45, 2.75) is 31.1 Å². The predicted octanol–water partition coefficient (Wildman–Crippen LogP) is 3.28. The molecule has 1 aliphatic rings. The molecule has 0 fully saturated rings. The highest BCUT2D eigenvalue weighted by Crippen LogP contribution is 2.30. The summed E-state index contributed by atoms with van der Waals surface area (Å²) in [5.74, 6) is 1.56. The summed E-state index contributed by atoms with van der Waals surface area (Å²) in [6.45, 7) is 2.33. The predicted molar refractivity (Wildman–Crippen MR) is 115 cm³/mol. The van der Waals surface area contributed by atoms with Crippen molar-refractivity contribution in [1.82, 2.24) is 15.0 Å². The van der Waals surface area contributed by atoms with E-state index in [9.17, 15) is 12.8 Å². The molecular formula is C21H22FN5O3S. The van der Waals surface area contributed by atoms with Gasteiger partial charge in [-0.15, -0.1) is 0 Å². The standard InChI is InChI=1S/C21H22FN5O3S/c1-14(22)30-16-7-5-15(6-8-16)26-20-17-9-11-27(12-18(17)24-13-25-20)21-19(31(2,28)29)4-3-10-23-21/h3-8,10,13-14H,9,11-12H2,1-2H3,(H,24,25,26). The molecule has 1 atom stereocenters. The van der Waals surface area contributed by atoms with E-state index < -0.39 is 16.2 Å². The highest BCUT2D eigenvalue weighted by molar-refractivity contribution is 7.90. The van der Waals surface area contributed by atoms with E-state index in [0.29, 0.717) is 36.9 Å². The first-order valence-electron chi connectivity index (χ1n) is 9.72. The number of alkyl halides is 1. The maximum Gasteiger partial charge on any atom is 0.235 e. The Morgan fingerprint density at radius 3 is 2.65 bits per heavy atom. The Morgan fingerprint density at radius 1 is 1.16 bits per heavy atom. The molecule has 1 aliphatic heterocycles. The van der Waals surface area contributed by atoms with Crippen molar-refractivity contribution in [2.75, 3.05) is 23.0 Å². The number of ether oxygens (including phenoxy) is 1. The molecule has 0 spiro atoms. The van der Waals surface area contributed by atoms with Gasteiger partial charge in [0.15, 0.2) is 9.84 Å². The summed E-state index contributed by atoms with van der Waals surface area (Å²) >= 11 is 0. The van der Waals surface area contributed by atoms with Gasteiger partial charge in [-0.3, -0.25) is 0 Å². The number of aromatic nitrogens is 3. The maximum atomic E-state index is 13.0. The number of halogens is 1. The Bertz CT molecular complexity index is 1190. The zero-order valence-corrected chi connectivity index (χ0v) is 17.9. The Labute approximate surface area is 180 Å². The van der Waals surface area contributed by atoms with Gasteiger partial charge in [-0.05, 0) is 42.8 Å². The third-order valence-electron chi connectivity index (χ3n) is 4.87. The smallest absolute Gasteiger partial charge is 0.235 e. The molecule has 3 heterocycles. The van der Waals surface area contributed by atoms with Gasteiger partial charge in [-0.25, -0.2) is 27.8 Å². The molecule has 1 N–H and O–H groups in total. The summed E-state index contributed by atoms with van der Waals surface area (Å²) in [6.07, 6.45) is 3.49. The number of sulfone groups is 1. The van der Waals surface area contributed by atoms with Crippen molar-refractivity contribution in [3.05, 3.63) is 60.2 Å². The Kier molecular flexibility index (Phi) is 5.73. The van der Waals surface area contributed by atoms with E-state index in [1.54, 1.807) is 42.6 Å². The fourth-order valence-corrected chi connectivity index (χ4v) is 4.33. The van der Waals surface area contributed by atoms with Crippen LogP contribution in [-0.4, -0.2) is 42.5 Å². The first-order chi connectivity index (χ1) is 14.8. The number of hydrogen-bond acceptors (Lipinski definition) is 8. The molecule has 0 bridgehead atoms. The van der Waals surface area contributed by atoms with Crippen LogP contribution in [0.5, 0.6) is 5.75 Å². The minimum Gasteiger partial charge on any atom is -0.461 e. The summed E-state index contributed by atoms with van der Waals surface area (Å²) in [4.78, 5) is 15.2. The van der Waals surface area contributed by atoms with Crippen LogP contribution in [0.2, 0.25) is 0 Å². The fraction of sp³-hybridized carbons (Fsp3) is 0.286. The molecule has 10 heteroatoms. The average Bonchev–Trinajstić information content (AvgIpc) is 2.74. The van der Waals surface area contributed by atoms with Crippen LogP contribution in [0.1, 0.15) is 18.2 Å². The van der Waals surface area contributed by atoms with E-state index in [1.165, 1.54) is 19.5 Å². The molecule has 0 radical (unpaired) electrons. The highest BCUT2D eigenvalue weighted by Gasteiger charge is 2.26. The first kappa shape index (κ1) is 21.0. The van der Waals surface area contributed by atoms with Crippen molar-refractivity contribution < 1.29 is 17.5 Å². The van der Waals surface area contributed by atoms with Gasteiger partial charge >= 0.3 is 0 Å². The van der Waals surface area contributed by atoms with Crippen molar-refractivity contribution in [2.24, 2.45) is 0 Å². The summed E-state index contributed by atoms with van der Waals surface area (Å²) in [6, 6.07) is 10.1. The Hall–Kier alpha value is -3.27. The number of pyridine rings is 1. The van der Waals surface area contributed by atoms with E-state index in [1.807, 2.05) is 4.90 Å². The highest BCUT2D eigenvalue weighted by atomic mass is 32.2. The van der Waals surface area contributed by atoms with Gasteiger partial charge in [-0.1, -0.05) is 0 Å². The van der Waals surface area contributed by atoms with Crippen LogP contribution < -0.4 is 15.0 Å². The van der Waals surface area contributed by atoms with Crippen molar-refractivity contribution >= 4 is 27.2 Å². The molecular weight excluding hydrogens is 421 g/mol. The molecule has 31 heavy (non-hydrogen) atoms. The molecule has 0 saturated carbocycles. The third kappa shape index (κ3) is 4.74. The molecule has 1 unspecified atom stereocenters. The van der Waals surface area contributed by atoms with Crippen molar-refractivity contribution in [3.8, 4) is 5.75 Å². The van der Waals surface area contributed by atoms with Gasteiger partial charge in [0, 0.05) is 37.2 Å². The lowest BCUT2D eigenvalue weighted by atomic mass is 10.1. The molecule has 3 aromatic rings. The fourth-order valence-electron chi connectivity index (χ4n) is 3.49. The summed E-state index contributed by atoms with van der Waals surface area (Å²) in [5.41, 5.74) is 2.56. The number of hydrogen-bond donors (Lipinski definition) is 1. The second-order valence-corrected chi connectivity index (χ2v) is 9.21. The largest absolute Gasteiger partial charge is 0.461 e. The minimum atomic E-state index is -3.40. The van der Waals surface area contributed by atoms with Crippen LogP contribution in [0.25, 0.3) is 0 Å². The minimum absolute atomic E-state index is 0.204. The number of nitrogens with one attached hydrogen (secondary N) is 1. The lowest BCUT2D eigenvalue weighted by Crippen LogP contribution is -2.33. The number of fused-ring (bicyclic) bond motifs is 1. The zero-order valence-electron chi connectivity index (χ0n) is 17.1. The van der Waals surface area contributed by atoms with E-state index in [-0.39, 0.29) is 4.90 Å². The third-order valence-corrected chi connectivity index (χ3v) is 5.99. The molecule has 0 aliphatic carbocycles. The lowest BCUT2D eigenvalue weighted by Gasteiger charge is -2.30. The van der Waals surface area contributed by atoms with Crippen LogP contribution in [0.3, 0.4) is 0 Å². The Balaban J connectivity index is 1.56. The maximum absolute atomic E-state index is 13.0. The van der Waals surface area contributed by atoms with E-state index in [4.69, 9.17) is 4.74 Å². The van der Waals surface area contributed by atoms with Crippen LogP contribution in [0.4, 0.5) is 21.7 Å². The van der Waals surface area contributed by atoms with E-state index >= 15 is 0 Å². The molecule has 0 saturated heterocycles. The quantitative estimate of drug-likeness (QED) is 0.620. The molecule has 4 rings (SSSR count). The van der Waals surface area contributed by atoms with Gasteiger partial charge in [0.1, 0.15) is 28.6 Å². The molecule has 0 amide bonds.